The third-order valence-corrected chi connectivity index (χ3v) is 4.14. The van der Waals surface area contributed by atoms with Gasteiger partial charge in [-0.2, -0.15) is 13.2 Å². The molecule has 1 aliphatic heterocycles. The Balaban J connectivity index is 1.82. The molecule has 0 unspecified atom stereocenters. The van der Waals surface area contributed by atoms with E-state index in [1.807, 2.05) is 0 Å². The molecular formula is C16H23F3N4O. The van der Waals surface area contributed by atoms with Gasteiger partial charge < -0.3 is 10.2 Å². The lowest BCUT2D eigenvalue weighted by Crippen LogP contribution is -2.33. The highest BCUT2D eigenvalue weighted by Gasteiger charge is 2.33. The summed E-state index contributed by atoms with van der Waals surface area (Å²) in [7, 11) is 2.07. The number of piperidine rings is 1. The van der Waals surface area contributed by atoms with Crippen molar-refractivity contribution in [2.75, 3.05) is 20.1 Å². The van der Waals surface area contributed by atoms with Crippen LogP contribution in [0.15, 0.2) is 6.07 Å². The van der Waals surface area contributed by atoms with Gasteiger partial charge in [0.15, 0.2) is 0 Å². The second-order valence-corrected chi connectivity index (χ2v) is 6.39. The third-order valence-electron chi connectivity index (χ3n) is 4.14. The van der Waals surface area contributed by atoms with Crippen LogP contribution in [0.5, 0.6) is 0 Å². The molecule has 1 aromatic rings. The van der Waals surface area contributed by atoms with Gasteiger partial charge in [0, 0.05) is 18.7 Å². The fourth-order valence-electron chi connectivity index (χ4n) is 2.96. The standard InChI is InChI=1S/C16H23F3N4O/c1-11-8-13(16(17,18)19)22-14(21-11)9-20-15(24)6-5-12-4-3-7-23(2)10-12/h8,12H,3-7,9-10H2,1-2H3,(H,20,24)/t12-/m0/s1. The summed E-state index contributed by atoms with van der Waals surface area (Å²) >= 11 is 0. The van der Waals surface area contributed by atoms with E-state index in [0.717, 1.165) is 38.4 Å². The van der Waals surface area contributed by atoms with Crippen LogP contribution < -0.4 is 5.32 Å². The maximum absolute atomic E-state index is 12.7. The quantitative estimate of drug-likeness (QED) is 0.892. The molecule has 1 amide bonds. The summed E-state index contributed by atoms with van der Waals surface area (Å²) in [5.41, 5.74) is -0.753. The van der Waals surface area contributed by atoms with Crippen molar-refractivity contribution in [3.63, 3.8) is 0 Å². The van der Waals surface area contributed by atoms with E-state index in [0.29, 0.717) is 12.3 Å². The van der Waals surface area contributed by atoms with E-state index < -0.39 is 11.9 Å². The maximum Gasteiger partial charge on any atom is 0.433 e. The summed E-state index contributed by atoms with van der Waals surface area (Å²) in [5.74, 6) is 0.302. The molecule has 2 rings (SSSR count). The van der Waals surface area contributed by atoms with Gasteiger partial charge in [-0.05, 0) is 51.8 Å². The van der Waals surface area contributed by atoms with Crippen molar-refractivity contribution in [3.05, 3.63) is 23.3 Å². The van der Waals surface area contributed by atoms with Gasteiger partial charge in [-0.25, -0.2) is 9.97 Å². The van der Waals surface area contributed by atoms with Gasteiger partial charge in [-0.15, -0.1) is 0 Å². The lowest BCUT2D eigenvalue weighted by atomic mass is 9.93. The molecule has 0 aliphatic carbocycles. The fraction of sp³-hybridized carbons (Fsp3) is 0.688. The number of alkyl halides is 3. The van der Waals surface area contributed by atoms with Gasteiger partial charge in [-0.1, -0.05) is 0 Å². The number of aryl methyl sites for hydroxylation is 1. The summed E-state index contributed by atoms with van der Waals surface area (Å²) in [5, 5.41) is 2.61. The predicted octanol–water partition coefficient (Wildman–Crippen LogP) is 2.54. The van der Waals surface area contributed by atoms with Crippen molar-refractivity contribution in [1.29, 1.82) is 0 Å². The Kier molecular flexibility index (Phi) is 6.15. The minimum Gasteiger partial charge on any atom is -0.349 e. The maximum atomic E-state index is 12.7. The van der Waals surface area contributed by atoms with Crippen LogP contribution in [0.3, 0.4) is 0 Å². The van der Waals surface area contributed by atoms with E-state index in [-0.39, 0.29) is 24.0 Å². The fourth-order valence-corrected chi connectivity index (χ4v) is 2.96. The molecule has 1 atom stereocenters. The monoisotopic (exact) mass is 344 g/mol. The predicted molar refractivity (Wildman–Crippen MR) is 83.1 cm³/mol. The van der Waals surface area contributed by atoms with E-state index in [9.17, 15) is 18.0 Å². The summed E-state index contributed by atoms with van der Waals surface area (Å²) in [6.07, 6.45) is -1.09. The minimum absolute atomic E-state index is 0.0203. The molecule has 134 valence electrons. The highest BCUT2D eigenvalue weighted by molar-refractivity contribution is 5.75. The van der Waals surface area contributed by atoms with Gasteiger partial charge in [0.25, 0.3) is 0 Å². The Bertz CT molecular complexity index is 577. The molecule has 0 aromatic carbocycles. The largest absolute Gasteiger partial charge is 0.433 e. The van der Waals surface area contributed by atoms with Gasteiger partial charge in [0.1, 0.15) is 11.5 Å². The zero-order valence-electron chi connectivity index (χ0n) is 14.0. The summed E-state index contributed by atoms with van der Waals surface area (Å²) in [6.45, 7) is 3.47. The van der Waals surface area contributed by atoms with Crippen LogP contribution >= 0.6 is 0 Å². The molecule has 24 heavy (non-hydrogen) atoms. The number of hydrogen-bond acceptors (Lipinski definition) is 4. The first-order valence-electron chi connectivity index (χ1n) is 8.11. The zero-order valence-corrected chi connectivity index (χ0v) is 14.0. The number of carbonyl (C=O) groups excluding carboxylic acids is 1. The Morgan fingerprint density at radius 2 is 2.17 bits per heavy atom. The van der Waals surface area contributed by atoms with Crippen molar-refractivity contribution in [1.82, 2.24) is 20.2 Å². The van der Waals surface area contributed by atoms with E-state index in [1.165, 1.54) is 6.92 Å². The summed E-state index contributed by atoms with van der Waals surface area (Å²) in [4.78, 5) is 21.6. The molecular weight excluding hydrogens is 321 g/mol. The molecule has 0 saturated carbocycles. The first-order chi connectivity index (χ1) is 11.2. The molecule has 2 heterocycles. The van der Waals surface area contributed by atoms with E-state index in [2.05, 4.69) is 27.2 Å². The van der Waals surface area contributed by atoms with Gasteiger partial charge in [-0.3, -0.25) is 4.79 Å². The van der Waals surface area contributed by atoms with Crippen molar-refractivity contribution >= 4 is 5.91 Å². The summed E-state index contributed by atoms with van der Waals surface area (Å²) in [6, 6.07) is 0.894. The van der Waals surface area contributed by atoms with Crippen molar-refractivity contribution < 1.29 is 18.0 Å². The normalized spacial score (nSPS) is 19.3. The number of nitrogens with one attached hydrogen (secondary N) is 1. The third kappa shape index (κ3) is 5.74. The molecule has 1 aromatic heterocycles. The molecule has 1 aliphatic rings. The van der Waals surface area contributed by atoms with Crippen LogP contribution in [0.2, 0.25) is 0 Å². The topological polar surface area (TPSA) is 58.1 Å². The number of amides is 1. The average molecular weight is 344 g/mol. The average Bonchev–Trinajstić information content (AvgIpc) is 2.49. The second-order valence-electron chi connectivity index (χ2n) is 6.39. The van der Waals surface area contributed by atoms with Crippen LogP contribution in [0.25, 0.3) is 0 Å². The first-order valence-corrected chi connectivity index (χ1v) is 8.11. The number of rotatable bonds is 5. The van der Waals surface area contributed by atoms with Crippen LogP contribution in [-0.2, 0) is 17.5 Å². The lowest BCUT2D eigenvalue weighted by molar-refractivity contribution is -0.141. The number of likely N-dealkylation sites (tertiary alicyclic amines) is 1. The van der Waals surface area contributed by atoms with E-state index in [4.69, 9.17) is 0 Å². The number of carbonyl (C=O) groups is 1. The Hall–Kier alpha value is -1.70. The highest BCUT2D eigenvalue weighted by atomic mass is 19.4. The van der Waals surface area contributed by atoms with Crippen molar-refractivity contribution in [3.8, 4) is 0 Å². The van der Waals surface area contributed by atoms with E-state index >= 15 is 0 Å². The SMILES string of the molecule is Cc1cc(C(F)(F)F)nc(CNC(=O)CC[C@@H]2CCCN(C)C2)n1. The molecule has 0 bridgehead atoms. The molecule has 8 heteroatoms. The van der Waals surface area contributed by atoms with Gasteiger partial charge in [0.05, 0.1) is 6.54 Å². The number of aromatic nitrogens is 2. The lowest BCUT2D eigenvalue weighted by Gasteiger charge is -2.29. The Morgan fingerprint density at radius 1 is 1.42 bits per heavy atom. The number of halogens is 3. The summed E-state index contributed by atoms with van der Waals surface area (Å²) < 4.78 is 38.2. The first kappa shape index (κ1) is 18.6. The number of nitrogens with zero attached hydrogens (tertiary/aromatic N) is 3. The highest BCUT2D eigenvalue weighted by Crippen LogP contribution is 2.27. The van der Waals surface area contributed by atoms with Crippen LogP contribution in [0.4, 0.5) is 13.2 Å². The van der Waals surface area contributed by atoms with E-state index in [1.54, 1.807) is 0 Å². The molecule has 1 N–H and O–H groups in total. The smallest absolute Gasteiger partial charge is 0.349 e. The zero-order chi connectivity index (χ0) is 17.7. The van der Waals surface area contributed by atoms with Gasteiger partial charge >= 0.3 is 6.18 Å². The van der Waals surface area contributed by atoms with Crippen LogP contribution in [0, 0.1) is 12.8 Å². The molecule has 1 fully saturated rings. The minimum atomic E-state index is -4.51. The Labute approximate surface area is 139 Å². The second kappa shape index (κ2) is 7.92. The van der Waals surface area contributed by atoms with Crippen LogP contribution in [0.1, 0.15) is 42.9 Å². The van der Waals surface area contributed by atoms with Gasteiger partial charge in [0.2, 0.25) is 5.91 Å². The number of hydrogen-bond donors (Lipinski definition) is 1. The van der Waals surface area contributed by atoms with Crippen molar-refractivity contribution in [2.24, 2.45) is 5.92 Å². The van der Waals surface area contributed by atoms with Crippen LogP contribution in [-0.4, -0.2) is 40.9 Å². The van der Waals surface area contributed by atoms with Crippen molar-refractivity contribution in [2.45, 2.75) is 45.3 Å². The molecule has 5 nitrogen and oxygen atoms in total. The Morgan fingerprint density at radius 3 is 2.83 bits per heavy atom. The molecule has 1 saturated heterocycles. The molecule has 0 spiro atoms. The molecule has 0 radical (unpaired) electrons.